The van der Waals surface area contributed by atoms with Crippen LogP contribution in [0.15, 0.2) is 24.3 Å². The van der Waals surface area contributed by atoms with E-state index >= 15 is 0 Å². The molecule has 0 aliphatic carbocycles. The number of rotatable bonds is 6. The van der Waals surface area contributed by atoms with E-state index in [1.165, 1.54) is 0 Å². The third kappa shape index (κ3) is 4.51. The SMILES string of the molecule is NCc1ccccc1CNS(=O)(=O)CC(=O)O. The van der Waals surface area contributed by atoms with Crippen molar-refractivity contribution in [3.8, 4) is 0 Å². The maximum atomic E-state index is 11.3. The molecule has 0 heterocycles. The maximum Gasteiger partial charge on any atom is 0.320 e. The van der Waals surface area contributed by atoms with Crippen molar-refractivity contribution in [2.45, 2.75) is 13.1 Å². The molecule has 0 amide bonds. The quantitative estimate of drug-likeness (QED) is 0.646. The maximum absolute atomic E-state index is 11.3. The molecule has 17 heavy (non-hydrogen) atoms. The van der Waals surface area contributed by atoms with Gasteiger partial charge in [0.05, 0.1) is 0 Å². The summed E-state index contributed by atoms with van der Waals surface area (Å²) in [5.41, 5.74) is 7.06. The zero-order valence-electron chi connectivity index (χ0n) is 9.09. The van der Waals surface area contributed by atoms with Crippen LogP contribution >= 0.6 is 0 Å². The van der Waals surface area contributed by atoms with Gasteiger partial charge >= 0.3 is 5.97 Å². The fourth-order valence-electron chi connectivity index (χ4n) is 1.33. The van der Waals surface area contributed by atoms with E-state index in [1.54, 1.807) is 24.3 Å². The monoisotopic (exact) mass is 258 g/mol. The Labute approximate surface area is 99.5 Å². The molecule has 0 atom stereocenters. The highest BCUT2D eigenvalue weighted by molar-refractivity contribution is 7.90. The summed E-state index contributed by atoms with van der Waals surface area (Å²) >= 11 is 0. The molecule has 0 fully saturated rings. The molecule has 0 unspecified atom stereocenters. The normalized spacial score (nSPS) is 11.4. The number of sulfonamides is 1. The Balaban J connectivity index is 2.70. The van der Waals surface area contributed by atoms with Crippen molar-refractivity contribution >= 4 is 16.0 Å². The van der Waals surface area contributed by atoms with Crippen molar-refractivity contribution in [3.63, 3.8) is 0 Å². The number of carboxylic acids is 1. The first-order chi connectivity index (χ1) is 7.94. The lowest BCUT2D eigenvalue weighted by atomic mass is 10.1. The van der Waals surface area contributed by atoms with E-state index in [1.807, 2.05) is 0 Å². The number of benzene rings is 1. The van der Waals surface area contributed by atoms with E-state index in [0.29, 0.717) is 6.54 Å². The lowest BCUT2D eigenvalue weighted by Crippen LogP contribution is -2.30. The fourth-order valence-corrected chi connectivity index (χ4v) is 2.13. The molecular formula is C10H14N2O4S. The Hall–Kier alpha value is -1.44. The average Bonchev–Trinajstić information content (AvgIpc) is 2.25. The second-order valence-corrected chi connectivity index (χ2v) is 5.25. The lowest BCUT2D eigenvalue weighted by Gasteiger charge is -2.08. The van der Waals surface area contributed by atoms with Crippen LogP contribution in [0.4, 0.5) is 0 Å². The Bertz CT molecular complexity index is 499. The third-order valence-electron chi connectivity index (χ3n) is 2.13. The van der Waals surface area contributed by atoms with Crippen molar-refractivity contribution < 1.29 is 18.3 Å². The summed E-state index contributed by atoms with van der Waals surface area (Å²) in [5, 5.41) is 8.41. The standard InChI is InChI=1S/C10H14N2O4S/c11-5-8-3-1-2-4-9(8)6-12-17(15,16)7-10(13)14/h1-4,12H,5-7,11H2,(H,13,14). The molecular weight excluding hydrogens is 244 g/mol. The van der Waals surface area contributed by atoms with Gasteiger partial charge in [-0.15, -0.1) is 0 Å². The van der Waals surface area contributed by atoms with Gasteiger partial charge < -0.3 is 10.8 Å². The summed E-state index contributed by atoms with van der Waals surface area (Å²) in [6, 6.07) is 7.10. The van der Waals surface area contributed by atoms with E-state index in [0.717, 1.165) is 11.1 Å². The number of nitrogens with one attached hydrogen (secondary N) is 1. The van der Waals surface area contributed by atoms with Gasteiger partial charge in [0.15, 0.2) is 5.75 Å². The predicted molar refractivity (Wildman–Crippen MR) is 62.6 cm³/mol. The molecule has 0 aromatic heterocycles. The highest BCUT2D eigenvalue weighted by Crippen LogP contribution is 2.07. The Morgan fingerprint density at radius 3 is 2.41 bits per heavy atom. The van der Waals surface area contributed by atoms with Gasteiger partial charge in [-0.2, -0.15) is 0 Å². The zero-order valence-corrected chi connectivity index (χ0v) is 9.90. The van der Waals surface area contributed by atoms with Gasteiger partial charge in [-0.05, 0) is 11.1 Å². The minimum atomic E-state index is -3.79. The van der Waals surface area contributed by atoms with Crippen molar-refractivity contribution in [3.05, 3.63) is 35.4 Å². The molecule has 1 aromatic rings. The number of carboxylic acid groups (broad SMARTS) is 1. The second-order valence-electron chi connectivity index (χ2n) is 3.45. The largest absolute Gasteiger partial charge is 0.480 e. The van der Waals surface area contributed by atoms with Crippen LogP contribution in [-0.4, -0.2) is 25.2 Å². The Kier molecular flexibility index (Phi) is 4.62. The van der Waals surface area contributed by atoms with E-state index in [9.17, 15) is 13.2 Å². The van der Waals surface area contributed by atoms with Crippen LogP contribution in [-0.2, 0) is 27.9 Å². The van der Waals surface area contributed by atoms with Crippen LogP contribution in [0.5, 0.6) is 0 Å². The van der Waals surface area contributed by atoms with Crippen LogP contribution in [0.3, 0.4) is 0 Å². The summed E-state index contributed by atoms with van der Waals surface area (Å²) < 4.78 is 24.8. The van der Waals surface area contributed by atoms with Gasteiger partial charge in [0.2, 0.25) is 10.0 Å². The van der Waals surface area contributed by atoms with Gasteiger partial charge in [0.1, 0.15) is 0 Å². The molecule has 0 saturated heterocycles. The first-order valence-corrected chi connectivity index (χ1v) is 6.56. The molecule has 0 bridgehead atoms. The van der Waals surface area contributed by atoms with Crippen LogP contribution in [0, 0.1) is 0 Å². The van der Waals surface area contributed by atoms with Gasteiger partial charge in [-0.3, -0.25) is 4.79 Å². The Morgan fingerprint density at radius 1 is 1.29 bits per heavy atom. The van der Waals surface area contributed by atoms with E-state index in [4.69, 9.17) is 10.8 Å². The van der Waals surface area contributed by atoms with Crippen LogP contribution in [0.25, 0.3) is 0 Å². The van der Waals surface area contributed by atoms with Gasteiger partial charge in [0.25, 0.3) is 0 Å². The molecule has 1 rings (SSSR count). The molecule has 0 radical (unpaired) electrons. The number of carbonyl (C=O) groups is 1. The molecule has 6 nitrogen and oxygen atoms in total. The highest BCUT2D eigenvalue weighted by Gasteiger charge is 2.15. The summed E-state index contributed by atoms with van der Waals surface area (Å²) in [4.78, 5) is 10.3. The van der Waals surface area contributed by atoms with E-state index < -0.39 is 21.7 Å². The summed E-state index contributed by atoms with van der Waals surface area (Å²) in [6.07, 6.45) is 0. The number of hydrogen-bond acceptors (Lipinski definition) is 4. The van der Waals surface area contributed by atoms with Crippen LogP contribution in [0.1, 0.15) is 11.1 Å². The highest BCUT2D eigenvalue weighted by atomic mass is 32.2. The molecule has 0 saturated carbocycles. The minimum Gasteiger partial charge on any atom is -0.480 e. The number of aliphatic carboxylic acids is 1. The summed E-state index contributed by atoms with van der Waals surface area (Å²) in [6.45, 7) is 0.347. The first-order valence-electron chi connectivity index (χ1n) is 4.90. The van der Waals surface area contributed by atoms with E-state index in [2.05, 4.69) is 4.72 Å². The van der Waals surface area contributed by atoms with Crippen molar-refractivity contribution in [2.24, 2.45) is 5.73 Å². The van der Waals surface area contributed by atoms with Crippen molar-refractivity contribution in [2.75, 3.05) is 5.75 Å². The van der Waals surface area contributed by atoms with Crippen molar-refractivity contribution in [1.82, 2.24) is 4.72 Å². The summed E-state index contributed by atoms with van der Waals surface area (Å²) in [5.74, 6) is -2.32. The third-order valence-corrected chi connectivity index (χ3v) is 3.35. The molecule has 94 valence electrons. The molecule has 0 aliphatic heterocycles. The molecule has 0 spiro atoms. The molecule has 4 N–H and O–H groups in total. The van der Waals surface area contributed by atoms with Gasteiger partial charge in [-0.1, -0.05) is 24.3 Å². The number of nitrogens with two attached hydrogens (primary N) is 1. The van der Waals surface area contributed by atoms with Crippen molar-refractivity contribution in [1.29, 1.82) is 0 Å². The fraction of sp³-hybridized carbons (Fsp3) is 0.300. The van der Waals surface area contributed by atoms with Gasteiger partial charge in [0, 0.05) is 13.1 Å². The van der Waals surface area contributed by atoms with E-state index in [-0.39, 0.29) is 6.54 Å². The topological polar surface area (TPSA) is 109 Å². The first kappa shape index (κ1) is 13.6. The predicted octanol–water partition coefficient (Wildman–Crippen LogP) is -0.351. The lowest BCUT2D eigenvalue weighted by molar-refractivity contribution is -0.134. The molecule has 0 aliphatic rings. The average molecular weight is 258 g/mol. The molecule has 7 heteroatoms. The smallest absolute Gasteiger partial charge is 0.320 e. The number of hydrogen-bond donors (Lipinski definition) is 3. The molecule has 1 aromatic carbocycles. The van der Waals surface area contributed by atoms with Crippen LogP contribution < -0.4 is 10.5 Å². The Morgan fingerprint density at radius 2 is 1.88 bits per heavy atom. The summed E-state index contributed by atoms with van der Waals surface area (Å²) in [7, 11) is -3.79. The van der Waals surface area contributed by atoms with Crippen LogP contribution in [0.2, 0.25) is 0 Å². The zero-order chi connectivity index (χ0) is 12.9. The van der Waals surface area contributed by atoms with Gasteiger partial charge in [-0.25, -0.2) is 13.1 Å². The minimum absolute atomic E-state index is 0.0446. The second kappa shape index (κ2) is 5.76.